The molecule has 0 N–H and O–H groups in total. The molecule has 0 saturated carbocycles. The third kappa shape index (κ3) is 4.70. The Morgan fingerprint density at radius 1 is 1.13 bits per heavy atom. The van der Waals surface area contributed by atoms with Crippen LogP contribution in [0, 0.1) is 6.92 Å². The molecule has 4 rings (SSSR count). The maximum Gasteiger partial charge on any atom is 0.230 e. The zero-order chi connectivity index (χ0) is 21.8. The second-order valence-corrected chi connectivity index (χ2v) is 8.80. The van der Waals surface area contributed by atoms with Crippen LogP contribution in [-0.4, -0.2) is 25.7 Å². The molecular weight excluding hydrogens is 426 g/mol. The van der Waals surface area contributed by atoms with Crippen molar-refractivity contribution in [3.05, 3.63) is 71.2 Å². The Kier molecular flexibility index (Phi) is 6.48. The van der Waals surface area contributed by atoms with Crippen LogP contribution in [0.25, 0.3) is 11.4 Å². The molecule has 2 heterocycles. The third-order valence-corrected chi connectivity index (χ3v) is 6.59. The van der Waals surface area contributed by atoms with Gasteiger partial charge in [0.25, 0.3) is 0 Å². The largest absolute Gasteiger partial charge is 0.302 e. The highest BCUT2D eigenvalue weighted by Gasteiger charge is 2.19. The van der Waals surface area contributed by atoms with Gasteiger partial charge in [-0.05, 0) is 32.0 Å². The van der Waals surface area contributed by atoms with Crippen LogP contribution in [0.4, 0.5) is 10.8 Å². The number of amides is 1. The van der Waals surface area contributed by atoms with Crippen LogP contribution in [0.1, 0.15) is 25.1 Å². The number of hydrogen-bond acceptors (Lipinski definition) is 6. The van der Waals surface area contributed by atoms with Crippen molar-refractivity contribution in [2.45, 2.75) is 38.2 Å². The van der Waals surface area contributed by atoms with Crippen LogP contribution in [-0.2, 0) is 17.1 Å². The first-order chi connectivity index (χ1) is 15.1. The number of benzene rings is 2. The lowest BCUT2D eigenvalue weighted by Gasteiger charge is -2.17. The van der Waals surface area contributed by atoms with Gasteiger partial charge in [-0.25, -0.2) is 4.98 Å². The third-order valence-electron chi connectivity index (χ3n) is 4.72. The van der Waals surface area contributed by atoms with Crippen LogP contribution in [0.3, 0.4) is 0 Å². The zero-order valence-electron chi connectivity index (χ0n) is 17.6. The topological polar surface area (TPSA) is 63.9 Å². The van der Waals surface area contributed by atoms with Gasteiger partial charge in [-0.1, -0.05) is 53.7 Å². The number of aryl methyl sites for hydroxylation is 1. The van der Waals surface area contributed by atoms with Crippen LogP contribution >= 0.6 is 23.1 Å². The van der Waals surface area contributed by atoms with Gasteiger partial charge in [0.1, 0.15) is 0 Å². The van der Waals surface area contributed by atoms with Crippen LogP contribution in [0.15, 0.2) is 65.1 Å². The highest BCUT2D eigenvalue weighted by molar-refractivity contribution is 7.98. The number of aromatic nitrogens is 4. The Bertz CT molecular complexity index is 1190. The highest BCUT2D eigenvalue weighted by atomic mass is 32.2. The summed E-state index contributed by atoms with van der Waals surface area (Å²) in [5, 5.41) is 12.4. The van der Waals surface area contributed by atoms with Crippen molar-refractivity contribution in [3.8, 4) is 11.4 Å². The van der Waals surface area contributed by atoms with Gasteiger partial charge in [0.15, 0.2) is 16.1 Å². The van der Waals surface area contributed by atoms with Crippen molar-refractivity contribution >= 4 is 39.8 Å². The molecule has 0 unspecified atom stereocenters. The molecule has 0 aliphatic rings. The normalized spacial score (nSPS) is 10.9. The number of hydrogen-bond donors (Lipinski definition) is 0. The lowest BCUT2D eigenvalue weighted by atomic mass is 10.1. The predicted molar refractivity (Wildman–Crippen MR) is 127 cm³/mol. The lowest BCUT2D eigenvalue weighted by Crippen LogP contribution is -2.22. The van der Waals surface area contributed by atoms with Gasteiger partial charge in [0.05, 0.1) is 11.4 Å². The summed E-state index contributed by atoms with van der Waals surface area (Å²) in [6.07, 6.45) is 0. The average molecular weight is 450 g/mol. The van der Waals surface area contributed by atoms with Crippen molar-refractivity contribution in [1.82, 2.24) is 19.7 Å². The van der Waals surface area contributed by atoms with E-state index >= 15 is 0 Å². The summed E-state index contributed by atoms with van der Waals surface area (Å²) in [6, 6.07) is 17.9. The molecule has 8 heteroatoms. The second kappa shape index (κ2) is 9.45. The first-order valence-electron chi connectivity index (χ1n) is 10.00. The van der Waals surface area contributed by atoms with E-state index < -0.39 is 0 Å². The van der Waals surface area contributed by atoms with Crippen LogP contribution in [0.2, 0.25) is 0 Å². The van der Waals surface area contributed by atoms with Gasteiger partial charge >= 0.3 is 0 Å². The number of nitrogens with zero attached hydrogens (tertiary/aromatic N) is 5. The fourth-order valence-electron chi connectivity index (χ4n) is 3.29. The number of thiazole rings is 1. The van der Waals surface area contributed by atoms with Gasteiger partial charge in [-0.2, -0.15) is 0 Å². The summed E-state index contributed by atoms with van der Waals surface area (Å²) in [7, 11) is 0. The maximum absolute atomic E-state index is 12.2. The zero-order valence-corrected chi connectivity index (χ0v) is 19.3. The number of thioether (sulfide) groups is 1. The molecule has 6 nitrogen and oxygen atoms in total. The molecule has 0 aliphatic heterocycles. The van der Waals surface area contributed by atoms with E-state index in [1.807, 2.05) is 41.8 Å². The first-order valence-corrected chi connectivity index (χ1v) is 11.9. The van der Waals surface area contributed by atoms with Gasteiger partial charge in [0, 0.05) is 30.2 Å². The second-order valence-electron chi connectivity index (χ2n) is 7.02. The van der Waals surface area contributed by atoms with Crippen molar-refractivity contribution < 1.29 is 4.79 Å². The fraction of sp³-hybridized carbons (Fsp3) is 0.217. The Balaban J connectivity index is 1.52. The summed E-state index contributed by atoms with van der Waals surface area (Å²) in [4.78, 5) is 18.6. The van der Waals surface area contributed by atoms with E-state index in [1.54, 1.807) is 23.6 Å². The first kappa shape index (κ1) is 21.3. The van der Waals surface area contributed by atoms with Crippen molar-refractivity contribution in [1.29, 1.82) is 0 Å². The van der Waals surface area contributed by atoms with Crippen molar-refractivity contribution in [2.75, 3.05) is 4.90 Å². The van der Waals surface area contributed by atoms with Gasteiger partial charge in [-0.3, -0.25) is 9.69 Å². The Morgan fingerprint density at radius 3 is 2.65 bits per heavy atom. The molecule has 0 radical (unpaired) electrons. The molecule has 2 aromatic heterocycles. The number of para-hydroxylation sites is 1. The summed E-state index contributed by atoms with van der Waals surface area (Å²) in [5.41, 5.74) is 3.99. The van der Waals surface area contributed by atoms with Crippen LogP contribution < -0.4 is 4.90 Å². The van der Waals surface area contributed by atoms with Crippen molar-refractivity contribution in [2.24, 2.45) is 0 Å². The molecule has 0 atom stereocenters. The highest BCUT2D eigenvalue weighted by Crippen LogP contribution is 2.31. The van der Waals surface area contributed by atoms with Gasteiger partial charge in [0.2, 0.25) is 5.91 Å². The molecule has 0 fully saturated rings. The van der Waals surface area contributed by atoms with Gasteiger partial charge < -0.3 is 4.57 Å². The molecular formula is C23H23N5OS2. The van der Waals surface area contributed by atoms with Crippen molar-refractivity contribution in [3.63, 3.8) is 0 Å². The molecule has 0 aliphatic carbocycles. The van der Waals surface area contributed by atoms with Crippen LogP contribution in [0.5, 0.6) is 0 Å². The standard InChI is InChI=1S/C23H23N5OS2/c1-4-27-21(18-10-8-9-16(2)13-18)25-26-23(27)31-15-19-14-30-22(24-19)28(17(3)29)20-11-6-5-7-12-20/h5-14H,4,15H2,1-3H3. The summed E-state index contributed by atoms with van der Waals surface area (Å²) >= 11 is 3.07. The minimum atomic E-state index is -0.0618. The minimum absolute atomic E-state index is 0.0618. The molecule has 31 heavy (non-hydrogen) atoms. The van der Waals surface area contributed by atoms with E-state index in [0.29, 0.717) is 10.9 Å². The molecule has 2 aromatic carbocycles. The average Bonchev–Trinajstić information content (AvgIpc) is 3.39. The fourth-order valence-corrected chi connectivity index (χ4v) is 5.17. The monoisotopic (exact) mass is 449 g/mol. The molecule has 0 saturated heterocycles. The molecule has 4 aromatic rings. The SMILES string of the molecule is CCn1c(SCc2csc(N(C(C)=O)c3ccccc3)n2)nnc1-c1cccc(C)c1. The number of carbonyl (C=O) groups is 1. The molecule has 1 amide bonds. The van der Waals surface area contributed by atoms with E-state index in [1.165, 1.54) is 16.9 Å². The van der Waals surface area contributed by atoms with Gasteiger partial charge in [-0.15, -0.1) is 21.5 Å². The Labute approximate surface area is 190 Å². The Hall–Kier alpha value is -2.97. The number of carbonyl (C=O) groups excluding carboxylic acids is 1. The van der Waals surface area contributed by atoms with E-state index in [9.17, 15) is 4.79 Å². The Morgan fingerprint density at radius 2 is 1.94 bits per heavy atom. The van der Waals surface area contributed by atoms with E-state index in [2.05, 4.69) is 46.8 Å². The smallest absolute Gasteiger partial charge is 0.230 e. The summed E-state index contributed by atoms with van der Waals surface area (Å²) < 4.78 is 2.12. The molecule has 0 bridgehead atoms. The quantitative estimate of drug-likeness (QED) is 0.338. The maximum atomic E-state index is 12.2. The number of anilines is 2. The minimum Gasteiger partial charge on any atom is -0.302 e. The lowest BCUT2D eigenvalue weighted by molar-refractivity contribution is -0.115. The van der Waals surface area contributed by atoms with E-state index in [-0.39, 0.29) is 5.91 Å². The van der Waals surface area contributed by atoms with E-state index in [0.717, 1.165) is 34.5 Å². The van der Waals surface area contributed by atoms with E-state index in [4.69, 9.17) is 4.98 Å². The predicted octanol–water partition coefficient (Wildman–Crippen LogP) is 5.71. The molecule has 0 spiro atoms. The molecule has 158 valence electrons. The number of rotatable bonds is 7. The summed E-state index contributed by atoms with van der Waals surface area (Å²) in [6.45, 7) is 6.51. The summed E-state index contributed by atoms with van der Waals surface area (Å²) in [5.74, 6) is 1.47.